The van der Waals surface area contributed by atoms with Crippen LogP contribution >= 0.6 is 0 Å². The molecular formula is C22H26N4O. The van der Waals surface area contributed by atoms with E-state index in [2.05, 4.69) is 31.4 Å². The van der Waals surface area contributed by atoms with Crippen molar-refractivity contribution in [2.45, 2.75) is 39.7 Å². The number of amides is 2. The summed E-state index contributed by atoms with van der Waals surface area (Å²) >= 11 is 0. The van der Waals surface area contributed by atoms with Gasteiger partial charge in [0.15, 0.2) is 0 Å². The number of carbonyl (C=O) groups excluding carboxylic acids is 1. The lowest BCUT2D eigenvalue weighted by atomic mass is 9.92. The first-order valence-corrected chi connectivity index (χ1v) is 9.09. The van der Waals surface area contributed by atoms with Crippen molar-refractivity contribution in [1.82, 2.24) is 15.1 Å². The Labute approximate surface area is 160 Å². The van der Waals surface area contributed by atoms with E-state index in [0.717, 1.165) is 16.9 Å². The number of hydrogen-bond acceptors (Lipinski definition) is 2. The Hall–Kier alpha value is -3.08. The average Bonchev–Trinajstić information content (AvgIpc) is 3.06. The van der Waals surface area contributed by atoms with Crippen LogP contribution in [-0.4, -0.2) is 15.8 Å². The van der Waals surface area contributed by atoms with Crippen molar-refractivity contribution in [2.24, 2.45) is 0 Å². The molecule has 27 heavy (non-hydrogen) atoms. The van der Waals surface area contributed by atoms with Gasteiger partial charge in [-0.3, -0.25) is 5.32 Å². The summed E-state index contributed by atoms with van der Waals surface area (Å²) in [6, 6.07) is 19.6. The van der Waals surface area contributed by atoms with Crippen molar-refractivity contribution in [3.05, 3.63) is 77.5 Å². The molecule has 2 N–H and O–H groups in total. The Kier molecular flexibility index (Phi) is 5.31. The molecule has 5 heteroatoms. The predicted octanol–water partition coefficient (Wildman–Crippen LogP) is 4.80. The minimum absolute atomic E-state index is 0.118. The highest BCUT2D eigenvalue weighted by atomic mass is 16.2. The molecule has 0 atom stereocenters. The molecule has 0 aliphatic heterocycles. The fourth-order valence-corrected chi connectivity index (χ4v) is 2.66. The first-order valence-electron chi connectivity index (χ1n) is 9.09. The molecule has 5 nitrogen and oxygen atoms in total. The fraction of sp³-hybridized carbons (Fsp3) is 0.273. The van der Waals surface area contributed by atoms with Gasteiger partial charge in [0.05, 0.1) is 11.4 Å². The summed E-state index contributed by atoms with van der Waals surface area (Å²) in [7, 11) is 0. The monoisotopic (exact) mass is 362 g/mol. The third kappa shape index (κ3) is 4.76. The van der Waals surface area contributed by atoms with Crippen LogP contribution in [0.4, 0.5) is 10.6 Å². The van der Waals surface area contributed by atoms with Crippen molar-refractivity contribution < 1.29 is 4.79 Å². The Bertz CT molecular complexity index is 906. The van der Waals surface area contributed by atoms with Crippen LogP contribution in [0.3, 0.4) is 0 Å². The van der Waals surface area contributed by atoms with Gasteiger partial charge in [0, 0.05) is 18.0 Å². The molecule has 0 bridgehead atoms. The van der Waals surface area contributed by atoms with E-state index in [4.69, 9.17) is 5.10 Å². The zero-order chi connectivity index (χ0) is 19.4. The molecule has 0 spiro atoms. The summed E-state index contributed by atoms with van der Waals surface area (Å²) in [5.74, 6) is 0.648. The van der Waals surface area contributed by atoms with Gasteiger partial charge >= 0.3 is 6.03 Å². The number of anilines is 1. The van der Waals surface area contributed by atoms with E-state index in [1.54, 1.807) is 4.68 Å². The van der Waals surface area contributed by atoms with Gasteiger partial charge in [-0.05, 0) is 24.6 Å². The molecule has 3 aromatic rings. The highest BCUT2D eigenvalue weighted by molar-refractivity contribution is 5.88. The lowest BCUT2D eigenvalue weighted by Gasteiger charge is -2.14. The lowest BCUT2D eigenvalue weighted by molar-refractivity contribution is 0.251. The van der Waals surface area contributed by atoms with Gasteiger partial charge in [-0.15, -0.1) is 0 Å². The smallest absolute Gasteiger partial charge is 0.320 e. The highest BCUT2D eigenvalue weighted by Crippen LogP contribution is 2.26. The van der Waals surface area contributed by atoms with Gasteiger partial charge < -0.3 is 5.32 Å². The van der Waals surface area contributed by atoms with E-state index >= 15 is 0 Å². The molecule has 3 rings (SSSR count). The van der Waals surface area contributed by atoms with Crippen molar-refractivity contribution in [3.8, 4) is 5.69 Å². The number of rotatable bonds is 4. The van der Waals surface area contributed by atoms with Gasteiger partial charge in [-0.2, -0.15) is 5.10 Å². The van der Waals surface area contributed by atoms with E-state index in [9.17, 15) is 4.79 Å². The van der Waals surface area contributed by atoms with E-state index in [1.165, 1.54) is 5.56 Å². The van der Waals surface area contributed by atoms with Crippen LogP contribution in [0.2, 0.25) is 0 Å². The Morgan fingerprint density at radius 1 is 1.04 bits per heavy atom. The molecule has 0 unspecified atom stereocenters. The summed E-state index contributed by atoms with van der Waals surface area (Å²) in [5, 5.41) is 10.6. The number of hydrogen-bond donors (Lipinski definition) is 2. The van der Waals surface area contributed by atoms with Gasteiger partial charge in [0.2, 0.25) is 0 Å². The Morgan fingerprint density at radius 2 is 1.70 bits per heavy atom. The average molecular weight is 362 g/mol. The van der Waals surface area contributed by atoms with Crippen LogP contribution in [0.15, 0.2) is 60.7 Å². The maximum absolute atomic E-state index is 12.4. The first kappa shape index (κ1) is 18.7. The predicted molar refractivity (Wildman–Crippen MR) is 109 cm³/mol. The third-order valence-electron chi connectivity index (χ3n) is 4.29. The number of urea groups is 1. The molecule has 0 aliphatic rings. The summed E-state index contributed by atoms with van der Waals surface area (Å²) in [4.78, 5) is 12.4. The zero-order valence-corrected chi connectivity index (χ0v) is 16.3. The topological polar surface area (TPSA) is 59.0 Å². The summed E-state index contributed by atoms with van der Waals surface area (Å²) < 4.78 is 1.78. The van der Waals surface area contributed by atoms with Gasteiger partial charge in [0.1, 0.15) is 5.82 Å². The minimum atomic E-state index is -0.257. The maximum Gasteiger partial charge on any atom is 0.320 e. The van der Waals surface area contributed by atoms with Crippen LogP contribution in [-0.2, 0) is 12.0 Å². The first-order chi connectivity index (χ1) is 12.8. The maximum atomic E-state index is 12.4. The van der Waals surface area contributed by atoms with Gasteiger partial charge in [0.25, 0.3) is 0 Å². The van der Waals surface area contributed by atoms with Crippen LogP contribution < -0.4 is 10.6 Å². The Balaban J connectivity index is 1.81. The second kappa shape index (κ2) is 7.66. The molecule has 2 amide bonds. The van der Waals surface area contributed by atoms with E-state index in [1.807, 2.05) is 67.6 Å². The van der Waals surface area contributed by atoms with Crippen LogP contribution in [0.1, 0.15) is 37.6 Å². The molecule has 0 saturated heterocycles. The van der Waals surface area contributed by atoms with Gasteiger partial charge in [-0.1, -0.05) is 68.8 Å². The van der Waals surface area contributed by atoms with Crippen LogP contribution in [0.25, 0.3) is 5.69 Å². The highest BCUT2D eigenvalue weighted by Gasteiger charge is 2.21. The van der Waals surface area contributed by atoms with E-state index in [-0.39, 0.29) is 11.4 Å². The number of aryl methyl sites for hydroxylation is 1. The summed E-state index contributed by atoms with van der Waals surface area (Å²) in [6.07, 6.45) is 0. The standard InChI is InChI=1S/C22H26N4O/c1-16-10-12-18(13-11-16)26-20(14-19(25-26)22(2,3)4)24-21(27)23-15-17-8-6-5-7-9-17/h5-14H,15H2,1-4H3,(H2,23,24,27). The number of carbonyl (C=O) groups is 1. The molecule has 0 radical (unpaired) electrons. The quantitative estimate of drug-likeness (QED) is 0.700. The number of nitrogens with one attached hydrogen (secondary N) is 2. The molecule has 0 aliphatic carbocycles. The van der Waals surface area contributed by atoms with Crippen LogP contribution in [0.5, 0.6) is 0 Å². The molecule has 0 fully saturated rings. The second-order valence-corrected chi connectivity index (χ2v) is 7.71. The fourth-order valence-electron chi connectivity index (χ4n) is 2.66. The molecule has 140 valence electrons. The van der Waals surface area contributed by atoms with Crippen molar-refractivity contribution in [1.29, 1.82) is 0 Å². The van der Waals surface area contributed by atoms with Crippen LogP contribution in [0, 0.1) is 6.92 Å². The largest absolute Gasteiger partial charge is 0.334 e. The normalized spacial score (nSPS) is 11.3. The number of benzene rings is 2. The molecule has 1 heterocycles. The molecule has 1 aromatic heterocycles. The third-order valence-corrected chi connectivity index (χ3v) is 4.29. The zero-order valence-electron chi connectivity index (χ0n) is 16.3. The number of aromatic nitrogens is 2. The van der Waals surface area contributed by atoms with E-state index < -0.39 is 0 Å². The molecule has 0 saturated carbocycles. The lowest BCUT2D eigenvalue weighted by Crippen LogP contribution is -2.29. The summed E-state index contributed by atoms with van der Waals surface area (Å²) in [5.41, 5.74) is 3.94. The Morgan fingerprint density at radius 3 is 2.33 bits per heavy atom. The minimum Gasteiger partial charge on any atom is -0.334 e. The second-order valence-electron chi connectivity index (χ2n) is 7.71. The molecular weight excluding hydrogens is 336 g/mol. The van der Waals surface area contributed by atoms with Crippen molar-refractivity contribution in [2.75, 3.05) is 5.32 Å². The summed E-state index contributed by atoms with van der Waals surface area (Å²) in [6.45, 7) is 8.83. The van der Waals surface area contributed by atoms with Gasteiger partial charge in [-0.25, -0.2) is 9.48 Å². The van der Waals surface area contributed by atoms with E-state index in [0.29, 0.717) is 12.4 Å². The number of nitrogens with zero attached hydrogens (tertiary/aromatic N) is 2. The SMILES string of the molecule is Cc1ccc(-n2nc(C(C)(C)C)cc2NC(=O)NCc2ccccc2)cc1. The van der Waals surface area contributed by atoms with Crippen molar-refractivity contribution in [3.63, 3.8) is 0 Å². The molecule has 2 aromatic carbocycles. The van der Waals surface area contributed by atoms with Crippen molar-refractivity contribution >= 4 is 11.8 Å².